The van der Waals surface area contributed by atoms with Gasteiger partial charge in [-0.05, 0) is 53.3 Å². The highest BCUT2D eigenvalue weighted by atomic mass is 16.5. The second kappa shape index (κ2) is 9.53. The fourth-order valence-corrected chi connectivity index (χ4v) is 5.58. The molecule has 1 heterocycles. The van der Waals surface area contributed by atoms with Gasteiger partial charge in [-0.1, -0.05) is 48.5 Å². The van der Waals surface area contributed by atoms with Crippen molar-refractivity contribution in [2.24, 2.45) is 0 Å². The third-order valence-corrected chi connectivity index (χ3v) is 7.25. The van der Waals surface area contributed by atoms with Crippen molar-refractivity contribution < 1.29 is 23.8 Å². The van der Waals surface area contributed by atoms with E-state index in [9.17, 15) is 9.59 Å². The number of fused-ring (bicyclic) bond motifs is 1. The summed E-state index contributed by atoms with van der Waals surface area (Å²) in [5.74, 6) is 0.352. The number of rotatable bonds is 5. The second-order valence-corrected chi connectivity index (χ2v) is 9.19. The molecule has 1 aliphatic carbocycles. The molecule has 0 radical (unpaired) electrons. The third-order valence-electron chi connectivity index (χ3n) is 7.25. The second-order valence-electron chi connectivity index (χ2n) is 9.19. The number of hydrogen-bond donors (Lipinski definition) is 1. The fourth-order valence-electron chi connectivity index (χ4n) is 5.58. The van der Waals surface area contributed by atoms with E-state index in [0.717, 1.165) is 27.6 Å². The Bertz CT molecular complexity index is 1430. The maximum Gasteiger partial charge on any atom is 0.336 e. The summed E-state index contributed by atoms with van der Waals surface area (Å²) >= 11 is 0. The number of dihydropyridines is 1. The van der Waals surface area contributed by atoms with E-state index in [1.807, 2.05) is 67.6 Å². The van der Waals surface area contributed by atoms with E-state index < -0.39 is 11.9 Å². The summed E-state index contributed by atoms with van der Waals surface area (Å²) in [5, 5.41) is 5.47. The molecule has 2 atom stereocenters. The fraction of sp³-hybridized carbons (Fsp3) is 0.267. The van der Waals surface area contributed by atoms with Crippen LogP contribution in [0.5, 0.6) is 11.5 Å². The van der Waals surface area contributed by atoms with Crippen LogP contribution in [-0.4, -0.2) is 33.1 Å². The highest BCUT2D eigenvalue weighted by molar-refractivity contribution is 6.05. The van der Waals surface area contributed by atoms with Crippen LogP contribution in [0, 0.1) is 0 Å². The number of hydrogen-bond acceptors (Lipinski definition) is 6. The largest absolute Gasteiger partial charge is 0.493 e. The van der Waals surface area contributed by atoms with E-state index in [4.69, 9.17) is 14.2 Å². The number of benzene rings is 3. The summed E-state index contributed by atoms with van der Waals surface area (Å²) < 4.78 is 16.0. The highest BCUT2D eigenvalue weighted by Crippen LogP contribution is 2.47. The van der Waals surface area contributed by atoms with Gasteiger partial charge in [0, 0.05) is 29.3 Å². The smallest absolute Gasteiger partial charge is 0.336 e. The molecule has 1 aliphatic heterocycles. The molecule has 2 aliphatic rings. The monoisotopic (exact) mass is 483 g/mol. The SMILES string of the molecule is COC(=O)C1=C(C)NC2=C(C(=O)C[C@H](c3ccc(OC)c(OC)c3)C2)[C@@H]1c1cccc2ccccc12. The van der Waals surface area contributed by atoms with Gasteiger partial charge in [0.1, 0.15) is 0 Å². The van der Waals surface area contributed by atoms with E-state index in [1.165, 1.54) is 7.11 Å². The Kier molecular flexibility index (Phi) is 6.27. The molecule has 184 valence electrons. The van der Waals surface area contributed by atoms with Crippen molar-refractivity contribution in [1.82, 2.24) is 5.32 Å². The minimum absolute atomic E-state index is 0.0235. The zero-order valence-corrected chi connectivity index (χ0v) is 20.9. The lowest BCUT2D eigenvalue weighted by molar-refractivity contribution is -0.136. The van der Waals surface area contributed by atoms with Gasteiger partial charge in [0.05, 0.1) is 26.9 Å². The van der Waals surface area contributed by atoms with Gasteiger partial charge in [-0.2, -0.15) is 0 Å². The third kappa shape index (κ3) is 3.92. The number of carbonyl (C=O) groups is 2. The van der Waals surface area contributed by atoms with Crippen LogP contribution in [0.1, 0.15) is 42.7 Å². The van der Waals surface area contributed by atoms with Crippen molar-refractivity contribution in [3.8, 4) is 11.5 Å². The Morgan fingerprint density at radius 2 is 1.67 bits per heavy atom. The summed E-state index contributed by atoms with van der Waals surface area (Å²) in [5.41, 5.74) is 4.63. The molecule has 1 N–H and O–H groups in total. The maximum atomic E-state index is 13.8. The Labute approximate surface area is 210 Å². The first-order valence-corrected chi connectivity index (χ1v) is 12.0. The van der Waals surface area contributed by atoms with Gasteiger partial charge in [-0.3, -0.25) is 4.79 Å². The van der Waals surface area contributed by atoms with Crippen LogP contribution < -0.4 is 14.8 Å². The average molecular weight is 484 g/mol. The van der Waals surface area contributed by atoms with Crippen LogP contribution in [0.2, 0.25) is 0 Å². The van der Waals surface area contributed by atoms with Crippen molar-refractivity contribution in [3.05, 3.63) is 94.3 Å². The number of allylic oxidation sites excluding steroid dienone is 3. The number of carbonyl (C=O) groups excluding carboxylic acids is 2. The molecular weight excluding hydrogens is 454 g/mol. The molecular formula is C30H29NO5. The number of Topliss-reactive ketones (excluding diaryl/α,β-unsaturated/α-hetero) is 1. The number of esters is 1. The molecule has 6 nitrogen and oxygen atoms in total. The molecule has 0 aromatic heterocycles. The summed E-state index contributed by atoms with van der Waals surface area (Å²) in [6.07, 6.45) is 0.981. The van der Waals surface area contributed by atoms with Crippen LogP contribution in [0.15, 0.2) is 83.2 Å². The average Bonchev–Trinajstić information content (AvgIpc) is 2.91. The van der Waals surface area contributed by atoms with E-state index in [1.54, 1.807) is 14.2 Å². The Hall–Kier alpha value is -4.06. The molecule has 5 rings (SSSR count). The lowest BCUT2D eigenvalue weighted by Crippen LogP contribution is -2.36. The van der Waals surface area contributed by atoms with E-state index in [-0.39, 0.29) is 11.7 Å². The van der Waals surface area contributed by atoms with Crippen molar-refractivity contribution in [2.75, 3.05) is 21.3 Å². The quantitative estimate of drug-likeness (QED) is 0.491. The van der Waals surface area contributed by atoms with Gasteiger partial charge in [0.15, 0.2) is 17.3 Å². The number of methoxy groups -OCH3 is 3. The number of ketones is 1. The lowest BCUT2D eigenvalue weighted by atomic mass is 9.71. The van der Waals surface area contributed by atoms with Crippen molar-refractivity contribution in [3.63, 3.8) is 0 Å². The Balaban J connectivity index is 1.63. The maximum absolute atomic E-state index is 13.8. The minimum Gasteiger partial charge on any atom is -0.493 e. The standard InChI is InChI=1S/C30H29NO5/c1-17-27(30(33)36-4)28(22-11-7-9-18-8-5-6-10-21(18)22)29-23(31-17)14-20(15-24(29)32)19-12-13-25(34-2)26(16-19)35-3/h5-13,16,20,28,31H,14-15H2,1-4H3/t20-,28-/m1/s1. The normalized spacial score (nSPS) is 19.6. The predicted molar refractivity (Wildman–Crippen MR) is 138 cm³/mol. The molecule has 0 amide bonds. The molecule has 3 aromatic rings. The van der Waals surface area contributed by atoms with Crippen LogP contribution in [0.4, 0.5) is 0 Å². The Morgan fingerprint density at radius 3 is 2.42 bits per heavy atom. The Morgan fingerprint density at radius 1 is 0.917 bits per heavy atom. The molecule has 0 spiro atoms. The first-order chi connectivity index (χ1) is 17.5. The first kappa shape index (κ1) is 23.7. The first-order valence-electron chi connectivity index (χ1n) is 12.0. The van der Waals surface area contributed by atoms with Gasteiger partial charge < -0.3 is 19.5 Å². The van der Waals surface area contributed by atoms with Crippen LogP contribution in [0.25, 0.3) is 10.8 Å². The van der Waals surface area contributed by atoms with E-state index in [2.05, 4.69) is 5.32 Å². The number of ether oxygens (including phenoxy) is 3. The van der Waals surface area contributed by atoms with Gasteiger partial charge in [0.25, 0.3) is 0 Å². The molecule has 0 saturated heterocycles. The van der Waals surface area contributed by atoms with Crippen molar-refractivity contribution in [2.45, 2.75) is 31.6 Å². The van der Waals surface area contributed by atoms with Crippen LogP contribution >= 0.6 is 0 Å². The molecule has 0 saturated carbocycles. The van der Waals surface area contributed by atoms with Crippen molar-refractivity contribution >= 4 is 22.5 Å². The van der Waals surface area contributed by atoms with E-state index >= 15 is 0 Å². The summed E-state index contributed by atoms with van der Waals surface area (Å²) in [6.45, 7) is 1.87. The minimum atomic E-state index is -0.501. The highest BCUT2D eigenvalue weighted by Gasteiger charge is 2.41. The zero-order valence-electron chi connectivity index (χ0n) is 20.9. The van der Waals surface area contributed by atoms with Gasteiger partial charge in [-0.15, -0.1) is 0 Å². The van der Waals surface area contributed by atoms with Gasteiger partial charge in [-0.25, -0.2) is 4.79 Å². The molecule has 0 bridgehead atoms. The number of nitrogens with one attached hydrogen (secondary N) is 1. The van der Waals surface area contributed by atoms with E-state index in [0.29, 0.717) is 41.2 Å². The van der Waals surface area contributed by atoms with Crippen LogP contribution in [0.3, 0.4) is 0 Å². The molecule has 0 fully saturated rings. The summed E-state index contributed by atoms with van der Waals surface area (Å²) in [4.78, 5) is 26.9. The zero-order chi connectivity index (χ0) is 25.4. The molecule has 3 aromatic carbocycles. The van der Waals surface area contributed by atoms with Crippen molar-refractivity contribution in [1.29, 1.82) is 0 Å². The molecule has 36 heavy (non-hydrogen) atoms. The summed E-state index contributed by atoms with van der Waals surface area (Å²) in [6, 6.07) is 19.9. The van der Waals surface area contributed by atoms with Gasteiger partial charge >= 0.3 is 5.97 Å². The van der Waals surface area contributed by atoms with Crippen LogP contribution in [-0.2, 0) is 14.3 Å². The summed E-state index contributed by atoms with van der Waals surface area (Å²) in [7, 11) is 4.59. The lowest BCUT2D eigenvalue weighted by Gasteiger charge is -2.37. The predicted octanol–water partition coefficient (Wildman–Crippen LogP) is 5.39. The topological polar surface area (TPSA) is 73.9 Å². The van der Waals surface area contributed by atoms with Gasteiger partial charge in [0.2, 0.25) is 0 Å². The molecule has 0 unspecified atom stereocenters. The molecule has 6 heteroatoms.